The molecule has 1 atom stereocenters. The van der Waals surface area contributed by atoms with E-state index in [1.54, 1.807) is 37.3 Å². The highest BCUT2D eigenvalue weighted by molar-refractivity contribution is 6.46. The number of ketones is 1. The van der Waals surface area contributed by atoms with Crippen molar-refractivity contribution in [2.45, 2.75) is 39.8 Å². The Labute approximate surface area is 199 Å². The van der Waals surface area contributed by atoms with E-state index in [9.17, 15) is 19.8 Å². The number of aryl methyl sites for hydroxylation is 1. The topological polar surface area (TPSA) is 106 Å². The number of benzene rings is 2. The fourth-order valence-corrected chi connectivity index (χ4v) is 3.96. The third-order valence-electron chi connectivity index (χ3n) is 5.49. The molecule has 0 spiro atoms. The molecule has 8 heteroatoms. The quantitative estimate of drug-likeness (QED) is 0.325. The van der Waals surface area contributed by atoms with Crippen molar-refractivity contribution in [1.29, 1.82) is 0 Å². The third kappa shape index (κ3) is 5.02. The van der Waals surface area contributed by atoms with Crippen molar-refractivity contribution in [1.82, 2.24) is 4.90 Å². The third-order valence-corrected chi connectivity index (χ3v) is 5.49. The minimum atomic E-state index is -0.873. The Morgan fingerprint density at radius 1 is 1.12 bits per heavy atom. The lowest BCUT2D eigenvalue weighted by Gasteiger charge is -2.25. The predicted molar refractivity (Wildman–Crippen MR) is 127 cm³/mol. The molecule has 0 aromatic heterocycles. The first-order valence-corrected chi connectivity index (χ1v) is 11.2. The molecule has 0 aliphatic carbocycles. The molecule has 1 amide bonds. The lowest BCUT2D eigenvalue weighted by molar-refractivity contribution is -0.140. The Kier molecular flexibility index (Phi) is 7.83. The molecule has 0 radical (unpaired) electrons. The van der Waals surface area contributed by atoms with Crippen molar-refractivity contribution in [3.05, 3.63) is 58.7 Å². The molecule has 2 N–H and O–H groups in total. The fourth-order valence-electron chi connectivity index (χ4n) is 3.96. The lowest BCUT2D eigenvalue weighted by Crippen LogP contribution is -2.32. The van der Waals surface area contributed by atoms with E-state index < -0.39 is 17.7 Å². The second-order valence-corrected chi connectivity index (χ2v) is 8.29. The zero-order valence-corrected chi connectivity index (χ0v) is 20.1. The van der Waals surface area contributed by atoms with Gasteiger partial charge in [-0.2, -0.15) is 0 Å². The van der Waals surface area contributed by atoms with E-state index in [-0.39, 0.29) is 42.1 Å². The van der Waals surface area contributed by atoms with E-state index in [2.05, 4.69) is 0 Å². The van der Waals surface area contributed by atoms with Gasteiger partial charge in [0.05, 0.1) is 30.9 Å². The van der Waals surface area contributed by atoms with Gasteiger partial charge in [0, 0.05) is 19.2 Å². The number of hydrogen-bond acceptors (Lipinski definition) is 7. The van der Waals surface area contributed by atoms with Gasteiger partial charge in [0.1, 0.15) is 11.5 Å². The first-order valence-electron chi connectivity index (χ1n) is 11.2. The summed E-state index contributed by atoms with van der Waals surface area (Å²) in [5, 5.41) is 21.4. The maximum atomic E-state index is 13.1. The first kappa shape index (κ1) is 25.1. The highest BCUT2D eigenvalue weighted by Gasteiger charge is 2.46. The molecule has 1 saturated heterocycles. The van der Waals surface area contributed by atoms with Crippen LogP contribution in [0.1, 0.15) is 43.5 Å². The Hall–Kier alpha value is -3.52. The van der Waals surface area contributed by atoms with Gasteiger partial charge in [0.2, 0.25) is 0 Å². The summed E-state index contributed by atoms with van der Waals surface area (Å²) in [6.45, 7) is 8.15. The zero-order valence-electron chi connectivity index (χ0n) is 20.1. The average Bonchev–Trinajstić information content (AvgIpc) is 3.04. The number of ether oxygens (including phenoxy) is 3. The molecule has 8 nitrogen and oxygen atoms in total. The molecule has 1 fully saturated rings. The van der Waals surface area contributed by atoms with Gasteiger partial charge in [0.25, 0.3) is 11.7 Å². The lowest BCUT2D eigenvalue weighted by atomic mass is 9.94. The number of carbonyl (C=O) groups is 2. The number of aliphatic hydroxyl groups is 1. The number of methoxy groups -OCH3 is 1. The molecular weight excluding hydrogens is 438 g/mol. The maximum absolute atomic E-state index is 13.1. The number of carbonyl (C=O) groups excluding carboxylic acids is 2. The summed E-state index contributed by atoms with van der Waals surface area (Å²) >= 11 is 0. The predicted octanol–water partition coefficient (Wildman–Crippen LogP) is 3.95. The maximum Gasteiger partial charge on any atom is 0.295 e. The zero-order chi connectivity index (χ0) is 25.0. The van der Waals surface area contributed by atoms with Crippen LogP contribution in [0.25, 0.3) is 5.76 Å². The summed E-state index contributed by atoms with van der Waals surface area (Å²) in [6, 6.07) is 8.85. The highest BCUT2D eigenvalue weighted by Crippen LogP contribution is 2.42. The van der Waals surface area contributed by atoms with Gasteiger partial charge in [-0.15, -0.1) is 0 Å². The van der Waals surface area contributed by atoms with Gasteiger partial charge in [-0.3, -0.25) is 9.59 Å². The minimum absolute atomic E-state index is 0.0155. The largest absolute Gasteiger partial charge is 0.507 e. The number of Topliss-reactive ketones (excluding diaryl/α,β-unsaturated/α-hetero) is 1. The normalized spacial score (nSPS) is 17.5. The summed E-state index contributed by atoms with van der Waals surface area (Å²) in [5.41, 5.74) is 1.67. The smallest absolute Gasteiger partial charge is 0.295 e. The van der Waals surface area contributed by atoms with E-state index >= 15 is 0 Å². The Morgan fingerprint density at radius 2 is 1.85 bits per heavy atom. The fraction of sp³-hybridized carbons (Fsp3) is 0.385. The summed E-state index contributed by atoms with van der Waals surface area (Å²) in [4.78, 5) is 27.4. The van der Waals surface area contributed by atoms with E-state index in [0.717, 1.165) is 5.56 Å². The van der Waals surface area contributed by atoms with E-state index in [1.807, 2.05) is 20.8 Å². The van der Waals surface area contributed by atoms with Crippen LogP contribution >= 0.6 is 0 Å². The SMILES string of the molecule is CCOc1cc(C2C(=C(O)c3ccc(OC(C)C)c(C)c3)C(=O)C(=O)N2CCOC)ccc1O. The van der Waals surface area contributed by atoms with Crippen LogP contribution in [0.15, 0.2) is 42.0 Å². The van der Waals surface area contributed by atoms with Crippen LogP contribution in [0.3, 0.4) is 0 Å². The second kappa shape index (κ2) is 10.6. The van der Waals surface area contributed by atoms with Crippen molar-refractivity contribution in [3.63, 3.8) is 0 Å². The summed E-state index contributed by atoms with van der Waals surface area (Å²) < 4.78 is 16.4. The number of nitrogens with zero attached hydrogens (tertiary/aromatic N) is 1. The summed E-state index contributed by atoms with van der Waals surface area (Å²) in [6.07, 6.45) is -0.0155. The molecule has 34 heavy (non-hydrogen) atoms. The number of likely N-dealkylation sites (tertiary alicyclic amines) is 1. The molecule has 2 aromatic carbocycles. The molecule has 182 valence electrons. The number of aliphatic hydroxyl groups excluding tert-OH is 1. The molecule has 1 aliphatic heterocycles. The monoisotopic (exact) mass is 469 g/mol. The Balaban J connectivity index is 2.15. The molecule has 1 unspecified atom stereocenters. The van der Waals surface area contributed by atoms with Crippen LogP contribution in [-0.2, 0) is 14.3 Å². The molecule has 1 heterocycles. The number of aromatic hydroxyl groups is 1. The van der Waals surface area contributed by atoms with Gasteiger partial charge in [-0.05, 0) is 69.2 Å². The number of rotatable bonds is 9. The van der Waals surface area contributed by atoms with Crippen LogP contribution < -0.4 is 9.47 Å². The summed E-state index contributed by atoms with van der Waals surface area (Å²) in [5.74, 6) is -0.966. The summed E-state index contributed by atoms with van der Waals surface area (Å²) in [7, 11) is 1.50. The van der Waals surface area contributed by atoms with Crippen molar-refractivity contribution in [2.75, 3.05) is 26.9 Å². The van der Waals surface area contributed by atoms with Gasteiger partial charge < -0.3 is 29.3 Å². The van der Waals surface area contributed by atoms with Crippen molar-refractivity contribution < 1.29 is 34.0 Å². The number of amides is 1. The Bertz CT molecular complexity index is 1110. The van der Waals surface area contributed by atoms with Gasteiger partial charge in [-0.1, -0.05) is 6.07 Å². The van der Waals surface area contributed by atoms with Crippen molar-refractivity contribution in [3.8, 4) is 17.2 Å². The van der Waals surface area contributed by atoms with Crippen molar-refractivity contribution in [2.24, 2.45) is 0 Å². The second-order valence-electron chi connectivity index (χ2n) is 8.29. The van der Waals surface area contributed by atoms with Gasteiger partial charge in [0.15, 0.2) is 11.5 Å². The van der Waals surface area contributed by atoms with E-state index in [0.29, 0.717) is 23.5 Å². The Morgan fingerprint density at radius 3 is 2.47 bits per heavy atom. The van der Waals surface area contributed by atoms with Crippen LogP contribution in [0.5, 0.6) is 17.2 Å². The number of phenolic OH excluding ortho intramolecular Hbond substituents is 1. The average molecular weight is 470 g/mol. The van der Waals surface area contributed by atoms with Crippen LogP contribution in [0.2, 0.25) is 0 Å². The molecule has 2 aromatic rings. The number of hydrogen-bond donors (Lipinski definition) is 2. The van der Waals surface area contributed by atoms with Crippen LogP contribution in [0.4, 0.5) is 0 Å². The molecule has 1 aliphatic rings. The first-order chi connectivity index (χ1) is 16.2. The minimum Gasteiger partial charge on any atom is -0.507 e. The standard InChI is InChI=1S/C26H31NO7/c1-6-33-21-14-17(7-9-19(21)28)23-22(25(30)26(31)27(23)11-12-32-5)24(29)18-8-10-20(16(4)13-18)34-15(2)3/h7-10,13-15,23,28-29H,6,11-12H2,1-5H3. The molecule has 0 saturated carbocycles. The highest BCUT2D eigenvalue weighted by atomic mass is 16.5. The molecule has 3 rings (SSSR count). The van der Waals surface area contributed by atoms with Gasteiger partial charge in [-0.25, -0.2) is 0 Å². The molecule has 0 bridgehead atoms. The van der Waals surface area contributed by atoms with Crippen LogP contribution in [-0.4, -0.2) is 59.8 Å². The van der Waals surface area contributed by atoms with Gasteiger partial charge >= 0.3 is 0 Å². The molecular formula is C26H31NO7. The van der Waals surface area contributed by atoms with E-state index in [4.69, 9.17) is 14.2 Å². The number of phenols is 1. The van der Waals surface area contributed by atoms with E-state index in [1.165, 1.54) is 18.1 Å². The van der Waals surface area contributed by atoms with Crippen LogP contribution in [0, 0.1) is 6.92 Å². The van der Waals surface area contributed by atoms with Crippen molar-refractivity contribution >= 4 is 17.4 Å².